The summed E-state index contributed by atoms with van der Waals surface area (Å²) in [6.07, 6.45) is -4.75. The maximum atomic E-state index is 11.7. The molecule has 0 bridgehead atoms. The Morgan fingerprint density at radius 3 is 2.46 bits per heavy atom. The lowest BCUT2D eigenvalue weighted by atomic mass is 10.4. The second-order valence-corrected chi connectivity index (χ2v) is 2.54. The average Bonchev–Trinajstić information content (AvgIpc) is 2.03. The highest BCUT2D eigenvalue weighted by Gasteiger charge is 2.27. The van der Waals surface area contributed by atoms with E-state index in [0.29, 0.717) is 13.0 Å². The van der Waals surface area contributed by atoms with Crippen molar-refractivity contribution in [3.05, 3.63) is 0 Å². The number of rotatable bonds is 6. The SMILES string of the molecule is CCNCN(C=O)CCC(F)(F)F. The molecule has 0 spiro atoms. The van der Waals surface area contributed by atoms with Crippen molar-refractivity contribution < 1.29 is 18.0 Å². The molecule has 0 saturated heterocycles. The second-order valence-electron chi connectivity index (χ2n) is 2.54. The third-order valence-corrected chi connectivity index (χ3v) is 1.40. The van der Waals surface area contributed by atoms with Crippen molar-refractivity contribution in [1.29, 1.82) is 0 Å². The molecule has 0 aromatic rings. The first-order valence-electron chi connectivity index (χ1n) is 3.96. The summed E-state index contributed by atoms with van der Waals surface area (Å²) >= 11 is 0. The third kappa shape index (κ3) is 7.58. The Hall–Kier alpha value is -0.780. The van der Waals surface area contributed by atoms with Gasteiger partial charge >= 0.3 is 6.18 Å². The van der Waals surface area contributed by atoms with Gasteiger partial charge in [0.15, 0.2) is 0 Å². The fourth-order valence-electron chi connectivity index (χ4n) is 0.695. The van der Waals surface area contributed by atoms with Crippen LogP contribution in [0.4, 0.5) is 13.2 Å². The molecule has 0 fully saturated rings. The fraction of sp³-hybridized carbons (Fsp3) is 0.857. The van der Waals surface area contributed by atoms with Crippen LogP contribution >= 0.6 is 0 Å². The molecule has 0 aliphatic rings. The van der Waals surface area contributed by atoms with Crippen LogP contribution in [0.3, 0.4) is 0 Å². The summed E-state index contributed by atoms with van der Waals surface area (Å²) in [5.74, 6) is 0. The normalized spacial score (nSPS) is 11.4. The highest BCUT2D eigenvalue weighted by atomic mass is 19.4. The van der Waals surface area contributed by atoms with Crippen LogP contribution in [0.5, 0.6) is 0 Å². The molecule has 6 heteroatoms. The first kappa shape index (κ1) is 12.2. The summed E-state index contributed by atoms with van der Waals surface area (Å²) in [4.78, 5) is 11.3. The smallest absolute Gasteiger partial charge is 0.332 e. The predicted octanol–water partition coefficient (Wildman–Crippen LogP) is 0.964. The van der Waals surface area contributed by atoms with Crippen molar-refractivity contribution in [3.63, 3.8) is 0 Å². The minimum atomic E-state index is -4.20. The van der Waals surface area contributed by atoms with E-state index in [1.54, 1.807) is 0 Å². The van der Waals surface area contributed by atoms with Crippen molar-refractivity contribution in [1.82, 2.24) is 10.2 Å². The lowest BCUT2D eigenvalue weighted by molar-refractivity contribution is -0.141. The Labute approximate surface area is 74.9 Å². The second kappa shape index (κ2) is 5.80. The van der Waals surface area contributed by atoms with Crippen LogP contribution in [0.2, 0.25) is 0 Å². The zero-order valence-electron chi connectivity index (χ0n) is 7.40. The van der Waals surface area contributed by atoms with Crippen LogP contribution in [-0.2, 0) is 4.79 Å². The highest BCUT2D eigenvalue weighted by molar-refractivity contribution is 5.46. The zero-order chi connectivity index (χ0) is 10.3. The van der Waals surface area contributed by atoms with Crippen LogP contribution in [0.1, 0.15) is 13.3 Å². The molecular weight excluding hydrogens is 185 g/mol. The molecule has 78 valence electrons. The monoisotopic (exact) mass is 198 g/mol. The molecule has 0 aromatic heterocycles. The maximum Gasteiger partial charge on any atom is 0.390 e. The molecule has 0 rings (SSSR count). The molecule has 0 radical (unpaired) electrons. The minimum absolute atomic E-state index is 0.163. The average molecular weight is 198 g/mol. The predicted molar refractivity (Wildman–Crippen MR) is 42.0 cm³/mol. The van der Waals surface area contributed by atoms with Gasteiger partial charge in [0.05, 0.1) is 13.1 Å². The van der Waals surface area contributed by atoms with E-state index in [0.717, 1.165) is 4.90 Å². The first-order valence-corrected chi connectivity index (χ1v) is 3.96. The number of nitrogens with one attached hydrogen (secondary N) is 1. The van der Waals surface area contributed by atoms with Gasteiger partial charge in [-0.1, -0.05) is 6.92 Å². The Balaban J connectivity index is 3.65. The van der Waals surface area contributed by atoms with Gasteiger partial charge in [-0.25, -0.2) is 0 Å². The number of amides is 1. The first-order chi connectivity index (χ1) is 5.99. The molecule has 0 saturated carbocycles. The lowest BCUT2D eigenvalue weighted by Gasteiger charge is -2.18. The minimum Gasteiger partial charge on any atom is -0.332 e. The molecule has 0 unspecified atom stereocenters. The Morgan fingerprint density at radius 2 is 2.08 bits per heavy atom. The summed E-state index contributed by atoms with van der Waals surface area (Å²) < 4.78 is 35.1. The van der Waals surface area contributed by atoms with Gasteiger partial charge in [0, 0.05) is 6.54 Å². The summed E-state index contributed by atoms with van der Waals surface area (Å²) in [6, 6.07) is 0. The molecule has 0 aromatic carbocycles. The quantitative estimate of drug-likeness (QED) is 0.509. The number of carbonyl (C=O) groups excluding carboxylic acids is 1. The standard InChI is InChI=1S/C7H13F3N2O/c1-2-11-5-12(6-13)4-3-7(8,9)10/h6,11H,2-5H2,1H3. The molecule has 0 aliphatic carbocycles. The van der Waals surface area contributed by atoms with Crippen LogP contribution in [0, 0.1) is 0 Å². The van der Waals surface area contributed by atoms with Crippen LogP contribution in [-0.4, -0.2) is 37.2 Å². The van der Waals surface area contributed by atoms with E-state index in [4.69, 9.17) is 0 Å². The number of halogens is 3. The molecule has 0 aliphatic heterocycles. The number of alkyl halides is 3. The number of hydrogen-bond acceptors (Lipinski definition) is 2. The van der Waals surface area contributed by atoms with E-state index in [9.17, 15) is 18.0 Å². The van der Waals surface area contributed by atoms with E-state index in [2.05, 4.69) is 5.32 Å². The van der Waals surface area contributed by atoms with Gasteiger partial charge in [-0.05, 0) is 6.54 Å². The molecule has 0 atom stereocenters. The zero-order valence-corrected chi connectivity index (χ0v) is 7.40. The fourth-order valence-corrected chi connectivity index (χ4v) is 0.695. The molecule has 1 amide bonds. The lowest BCUT2D eigenvalue weighted by Crippen LogP contribution is -2.35. The molecular formula is C7H13F3N2O. The van der Waals surface area contributed by atoms with E-state index in [1.165, 1.54) is 0 Å². The Bertz CT molecular complexity index is 149. The van der Waals surface area contributed by atoms with Crippen molar-refractivity contribution in [2.45, 2.75) is 19.5 Å². The molecule has 0 heterocycles. The largest absolute Gasteiger partial charge is 0.390 e. The van der Waals surface area contributed by atoms with E-state index in [-0.39, 0.29) is 13.2 Å². The number of hydrogen-bond donors (Lipinski definition) is 1. The van der Waals surface area contributed by atoms with Gasteiger partial charge in [-0.2, -0.15) is 13.2 Å². The summed E-state index contributed by atoms with van der Waals surface area (Å²) in [5.41, 5.74) is 0. The van der Waals surface area contributed by atoms with Crippen LogP contribution < -0.4 is 5.32 Å². The van der Waals surface area contributed by atoms with E-state index < -0.39 is 12.6 Å². The van der Waals surface area contributed by atoms with Crippen molar-refractivity contribution in [2.75, 3.05) is 19.8 Å². The van der Waals surface area contributed by atoms with Crippen molar-refractivity contribution in [3.8, 4) is 0 Å². The summed E-state index contributed by atoms with van der Waals surface area (Å²) in [5, 5.41) is 2.76. The number of nitrogens with zero attached hydrogens (tertiary/aromatic N) is 1. The van der Waals surface area contributed by atoms with Crippen LogP contribution in [0.15, 0.2) is 0 Å². The van der Waals surface area contributed by atoms with Gasteiger partial charge in [0.2, 0.25) is 6.41 Å². The molecule has 13 heavy (non-hydrogen) atoms. The van der Waals surface area contributed by atoms with Crippen molar-refractivity contribution in [2.24, 2.45) is 0 Å². The third-order valence-electron chi connectivity index (χ3n) is 1.40. The highest BCUT2D eigenvalue weighted by Crippen LogP contribution is 2.19. The number of carbonyl (C=O) groups is 1. The van der Waals surface area contributed by atoms with E-state index in [1.807, 2.05) is 6.92 Å². The summed E-state index contributed by atoms with van der Waals surface area (Å²) in [7, 11) is 0. The van der Waals surface area contributed by atoms with Gasteiger partial charge < -0.3 is 10.2 Å². The van der Waals surface area contributed by atoms with E-state index >= 15 is 0 Å². The van der Waals surface area contributed by atoms with Gasteiger partial charge in [-0.3, -0.25) is 4.79 Å². The van der Waals surface area contributed by atoms with Gasteiger partial charge in [0.1, 0.15) is 0 Å². The summed E-state index contributed by atoms with van der Waals surface area (Å²) in [6.45, 7) is 2.30. The Kier molecular flexibility index (Phi) is 5.45. The van der Waals surface area contributed by atoms with Crippen LogP contribution in [0.25, 0.3) is 0 Å². The van der Waals surface area contributed by atoms with Gasteiger partial charge in [0.25, 0.3) is 0 Å². The molecule has 3 nitrogen and oxygen atoms in total. The Morgan fingerprint density at radius 1 is 1.46 bits per heavy atom. The maximum absolute atomic E-state index is 11.7. The van der Waals surface area contributed by atoms with Crippen molar-refractivity contribution >= 4 is 6.41 Å². The molecule has 1 N–H and O–H groups in total. The van der Waals surface area contributed by atoms with Gasteiger partial charge in [-0.15, -0.1) is 0 Å². The topological polar surface area (TPSA) is 32.3 Å².